The number of furan rings is 1. The van der Waals surface area contributed by atoms with Gasteiger partial charge in [0, 0.05) is 11.3 Å². The number of nitrogens with one attached hydrogen (secondary N) is 1. The predicted molar refractivity (Wildman–Crippen MR) is 94.5 cm³/mol. The lowest BCUT2D eigenvalue weighted by atomic mass is 10.1. The molecule has 0 bridgehead atoms. The molecule has 0 unspecified atom stereocenters. The number of amides is 1. The number of ether oxygens (including phenoxy) is 2. The van der Waals surface area contributed by atoms with E-state index in [1.165, 1.54) is 19.2 Å². The predicted octanol–water partition coefficient (Wildman–Crippen LogP) is 4.40. The van der Waals surface area contributed by atoms with Crippen molar-refractivity contribution in [1.82, 2.24) is 0 Å². The zero-order chi connectivity index (χ0) is 18.4. The van der Waals surface area contributed by atoms with Gasteiger partial charge in [0.1, 0.15) is 12.4 Å². The van der Waals surface area contributed by atoms with Crippen LogP contribution in [0.15, 0.2) is 65.3 Å². The Morgan fingerprint density at radius 1 is 1.12 bits per heavy atom. The quantitative estimate of drug-likeness (QED) is 0.682. The molecule has 3 rings (SSSR count). The van der Waals surface area contributed by atoms with E-state index in [-0.39, 0.29) is 11.3 Å². The first-order valence-electron chi connectivity index (χ1n) is 7.99. The molecule has 0 aliphatic carbocycles. The topological polar surface area (TPSA) is 60.7 Å². The van der Waals surface area contributed by atoms with Crippen LogP contribution in [-0.4, -0.2) is 13.0 Å². The number of carbonyl (C=O) groups is 1. The van der Waals surface area contributed by atoms with Crippen LogP contribution in [0.1, 0.15) is 21.7 Å². The van der Waals surface area contributed by atoms with Crippen molar-refractivity contribution in [2.75, 3.05) is 12.4 Å². The van der Waals surface area contributed by atoms with Crippen molar-refractivity contribution >= 4 is 11.6 Å². The summed E-state index contributed by atoms with van der Waals surface area (Å²) in [5, 5.41) is 2.75. The van der Waals surface area contributed by atoms with Gasteiger partial charge in [-0.15, -0.1) is 0 Å². The van der Waals surface area contributed by atoms with Gasteiger partial charge in [-0.25, -0.2) is 4.39 Å². The van der Waals surface area contributed by atoms with Crippen LogP contribution in [0.3, 0.4) is 0 Å². The maximum atomic E-state index is 13.7. The number of carbonyl (C=O) groups excluding carboxylic acids is 1. The molecule has 134 valence electrons. The van der Waals surface area contributed by atoms with Crippen LogP contribution >= 0.6 is 0 Å². The molecular weight excluding hydrogens is 337 g/mol. The van der Waals surface area contributed by atoms with E-state index < -0.39 is 11.7 Å². The van der Waals surface area contributed by atoms with E-state index in [4.69, 9.17) is 13.9 Å². The molecule has 1 aromatic heterocycles. The molecule has 0 aliphatic rings. The van der Waals surface area contributed by atoms with Gasteiger partial charge in [-0.3, -0.25) is 4.79 Å². The fourth-order valence-electron chi connectivity index (χ4n) is 2.41. The summed E-state index contributed by atoms with van der Waals surface area (Å²) in [5.41, 5.74) is 1.71. The highest BCUT2D eigenvalue weighted by molar-refractivity contribution is 6.04. The molecule has 2 aromatic carbocycles. The molecule has 5 nitrogen and oxygen atoms in total. The van der Waals surface area contributed by atoms with Gasteiger partial charge in [0.25, 0.3) is 5.91 Å². The molecule has 0 fully saturated rings. The number of rotatable bonds is 7. The normalized spacial score (nSPS) is 10.5. The zero-order valence-electron chi connectivity index (χ0n) is 14.2. The molecule has 0 aliphatic heterocycles. The molecule has 0 saturated carbocycles. The summed E-state index contributed by atoms with van der Waals surface area (Å²) in [6.07, 6.45) is 1.59. The van der Waals surface area contributed by atoms with E-state index in [0.29, 0.717) is 18.9 Å². The molecule has 1 N–H and O–H groups in total. The second-order valence-electron chi connectivity index (χ2n) is 5.58. The fourth-order valence-corrected chi connectivity index (χ4v) is 2.41. The molecule has 6 heteroatoms. The van der Waals surface area contributed by atoms with Gasteiger partial charge in [0.2, 0.25) is 0 Å². The Morgan fingerprint density at radius 3 is 2.73 bits per heavy atom. The summed E-state index contributed by atoms with van der Waals surface area (Å²) in [6, 6.07) is 15.0. The summed E-state index contributed by atoms with van der Waals surface area (Å²) >= 11 is 0. The van der Waals surface area contributed by atoms with E-state index in [1.807, 2.05) is 18.2 Å². The lowest BCUT2D eigenvalue weighted by Gasteiger charge is -2.09. The minimum absolute atomic E-state index is 0.0947. The average molecular weight is 355 g/mol. The van der Waals surface area contributed by atoms with Crippen molar-refractivity contribution in [1.29, 1.82) is 0 Å². The van der Waals surface area contributed by atoms with Crippen LogP contribution in [0, 0.1) is 5.82 Å². The van der Waals surface area contributed by atoms with Crippen LogP contribution in [-0.2, 0) is 18.0 Å². The second kappa shape index (κ2) is 8.31. The van der Waals surface area contributed by atoms with E-state index in [0.717, 1.165) is 17.4 Å². The Bertz CT molecular complexity index is 877. The van der Waals surface area contributed by atoms with Crippen LogP contribution in [0.2, 0.25) is 0 Å². The summed E-state index contributed by atoms with van der Waals surface area (Å²) in [5.74, 6) is -0.145. The molecular formula is C20H18FNO4. The second-order valence-corrected chi connectivity index (χ2v) is 5.58. The van der Waals surface area contributed by atoms with Crippen LogP contribution in [0.4, 0.5) is 10.1 Å². The maximum Gasteiger partial charge on any atom is 0.255 e. The summed E-state index contributed by atoms with van der Waals surface area (Å²) < 4.78 is 29.4. The van der Waals surface area contributed by atoms with E-state index in [2.05, 4.69) is 5.32 Å². The lowest BCUT2D eigenvalue weighted by molar-refractivity contribution is 0.0929. The smallest absolute Gasteiger partial charge is 0.255 e. The van der Waals surface area contributed by atoms with Crippen molar-refractivity contribution in [3.05, 3.63) is 83.6 Å². The van der Waals surface area contributed by atoms with Crippen molar-refractivity contribution < 1.29 is 23.1 Å². The fraction of sp³-hybridized carbons (Fsp3) is 0.150. The third-order valence-electron chi connectivity index (χ3n) is 3.69. The van der Waals surface area contributed by atoms with Gasteiger partial charge in [-0.2, -0.15) is 0 Å². The third kappa shape index (κ3) is 4.49. The Balaban J connectivity index is 1.60. The summed E-state index contributed by atoms with van der Waals surface area (Å²) in [6.45, 7) is 0.746. The molecule has 1 heterocycles. The van der Waals surface area contributed by atoms with Gasteiger partial charge in [-0.1, -0.05) is 12.1 Å². The highest BCUT2D eigenvalue weighted by Crippen LogP contribution is 2.19. The Morgan fingerprint density at radius 2 is 2.00 bits per heavy atom. The minimum atomic E-state index is -0.583. The Kier molecular flexibility index (Phi) is 5.66. The molecule has 0 saturated heterocycles. The van der Waals surface area contributed by atoms with Crippen LogP contribution in [0.5, 0.6) is 5.75 Å². The number of hydrogen-bond donors (Lipinski definition) is 1. The first kappa shape index (κ1) is 17.7. The molecule has 0 radical (unpaired) electrons. The summed E-state index contributed by atoms with van der Waals surface area (Å²) in [7, 11) is 1.37. The largest absolute Gasteiger partial charge is 0.494 e. The van der Waals surface area contributed by atoms with Crippen molar-refractivity contribution in [3.8, 4) is 5.75 Å². The first-order chi connectivity index (χ1) is 12.7. The monoisotopic (exact) mass is 355 g/mol. The number of benzene rings is 2. The van der Waals surface area contributed by atoms with Crippen molar-refractivity contribution in [2.45, 2.75) is 13.2 Å². The molecule has 3 aromatic rings. The molecule has 1 amide bonds. The molecule has 26 heavy (non-hydrogen) atoms. The van der Waals surface area contributed by atoms with Gasteiger partial charge >= 0.3 is 0 Å². The number of halogens is 1. The maximum absolute atomic E-state index is 13.7. The highest BCUT2D eigenvalue weighted by Gasteiger charge is 2.10. The van der Waals surface area contributed by atoms with E-state index >= 15 is 0 Å². The zero-order valence-corrected chi connectivity index (χ0v) is 14.2. The van der Waals surface area contributed by atoms with E-state index in [1.54, 1.807) is 24.5 Å². The summed E-state index contributed by atoms with van der Waals surface area (Å²) in [4.78, 5) is 12.3. The number of hydrogen-bond acceptors (Lipinski definition) is 4. The Hall–Kier alpha value is -3.12. The Labute approximate surface area is 150 Å². The molecule has 0 atom stereocenters. The minimum Gasteiger partial charge on any atom is -0.494 e. The van der Waals surface area contributed by atoms with Gasteiger partial charge in [-0.05, 0) is 48.0 Å². The highest BCUT2D eigenvalue weighted by atomic mass is 19.1. The van der Waals surface area contributed by atoms with Crippen molar-refractivity contribution in [2.24, 2.45) is 0 Å². The van der Waals surface area contributed by atoms with Gasteiger partial charge in [0.15, 0.2) is 11.6 Å². The van der Waals surface area contributed by atoms with Crippen molar-refractivity contribution in [3.63, 3.8) is 0 Å². The number of methoxy groups -OCH3 is 1. The third-order valence-corrected chi connectivity index (χ3v) is 3.69. The first-order valence-corrected chi connectivity index (χ1v) is 7.99. The molecule has 0 spiro atoms. The van der Waals surface area contributed by atoms with Crippen LogP contribution in [0.25, 0.3) is 0 Å². The number of anilines is 1. The van der Waals surface area contributed by atoms with Gasteiger partial charge < -0.3 is 19.2 Å². The van der Waals surface area contributed by atoms with Gasteiger partial charge in [0.05, 0.1) is 20.0 Å². The SMILES string of the molecule is COc1ccc(C(=O)Nc2cccc(COCc3ccco3)c2)cc1F. The standard InChI is InChI=1S/C20H18FNO4/c1-24-19-8-7-15(11-18(19)21)20(23)22-16-5-2-4-14(10-16)12-25-13-17-6-3-9-26-17/h2-11H,12-13H2,1H3,(H,22,23). The average Bonchev–Trinajstić information content (AvgIpc) is 3.15. The lowest BCUT2D eigenvalue weighted by Crippen LogP contribution is -2.12. The van der Waals surface area contributed by atoms with Crippen LogP contribution < -0.4 is 10.1 Å². The van der Waals surface area contributed by atoms with E-state index in [9.17, 15) is 9.18 Å².